The zero-order chi connectivity index (χ0) is 19.3. The van der Waals surface area contributed by atoms with E-state index in [0.717, 1.165) is 38.5 Å². The predicted molar refractivity (Wildman–Crippen MR) is 103 cm³/mol. The maximum Gasteiger partial charge on any atom is 0.106 e. The lowest BCUT2D eigenvalue weighted by molar-refractivity contribution is -0.170. The largest absolute Gasteiger partial charge is 0.396 e. The van der Waals surface area contributed by atoms with E-state index in [1.165, 1.54) is 19.3 Å². The van der Waals surface area contributed by atoms with E-state index in [1.807, 2.05) is 0 Å². The van der Waals surface area contributed by atoms with Crippen LogP contribution in [-0.4, -0.2) is 44.8 Å². The van der Waals surface area contributed by atoms with E-state index in [1.54, 1.807) is 0 Å². The van der Waals surface area contributed by atoms with E-state index in [0.29, 0.717) is 35.5 Å². The second kappa shape index (κ2) is 4.69. The lowest BCUT2D eigenvalue weighted by Crippen LogP contribution is -2.61. The van der Waals surface area contributed by atoms with Gasteiger partial charge in [0.25, 0.3) is 0 Å². The van der Waals surface area contributed by atoms with Gasteiger partial charge in [-0.15, -0.1) is 0 Å². The fourth-order valence-electron chi connectivity index (χ4n) is 10.6. The molecule has 4 heteroatoms. The first-order chi connectivity index (χ1) is 13.3. The number of epoxide rings is 1. The number of ether oxygens (including phenoxy) is 1. The molecule has 0 amide bonds. The quantitative estimate of drug-likeness (QED) is 0.650. The third-order valence-electron chi connectivity index (χ3n) is 11.9. The van der Waals surface area contributed by atoms with Gasteiger partial charge in [-0.25, -0.2) is 0 Å². The van der Waals surface area contributed by atoms with Crippen LogP contribution in [-0.2, 0) is 4.74 Å². The molecule has 0 aromatic rings. The first kappa shape index (κ1) is 17.5. The lowest BCUT2D eigenvalue weighted by Gasteiger charge is -2.61. The van der Waals surface area contributed by atoms with E-state index in [4.69, 9.17) is 4.74 Å². The molecule has 28 heavy (non-hydrogen) atoms. The lowest BCUT2D eigenvalue weighted by atomic mass is 9.43. The van der Waals surface area contributed by atoms with Crippen LogP contribution in [0, 0.1) is 46.3 Å². The Labute approximate surface area is 168 Å². The van der Waals surface area contributed by atoms with Gasteiger partial charge in [-0.2, -0.15) is 0 Å². The summed E-state index contributed by atoms with van der Waals surface area (Å²) < 4.78 is 6.69. The first-order valence-electron chi connectivity index (χ1n) is 12.0. The summed E-state index contributed by atoms with van der Waals surface area (Å²) in [5.74, 6) is 3.87. The summed E-state index contributed by atoms with van der Waals surface area (Å²) in [5.41, 5.74) is -0.299. The van der Waals surface area contributed by atoms with Crippen LogP contribution in [0.25, 0.3) is 0 Å². The summed E-state index contributed by atoms with van der Waals surface area (Å²) in [6.45, 7) is 5.09. The fraction of sp³-hybridized carbons (Fsp3) is 1.00. The number of rotatable bonds is 3. The standard InChI is InChI=1S/C24H36O4/c1-20-7-4-13(26)11-24(20)23(28-24)12-17(23)18-15(20)5-8-21(2)19(18)14-10-16(14)22(21,27)6-3-9-25/h13-19,25-27H,3-12H2,1-2H3/t13-,14+,15?,16-,17+,18?,19?,20+,21-,22-,23-,24-/m0/s1. The van der Waals surface area contributed by atoms with E-state index in [2.05, 4.69) is 13.8 Å². The van der Waals surface area contributed by atoms with Gasteiger partial charge in [0, 0.05) is 18.4 Å². The third-order valence-corrected chi connectivity index (χ3v) is 11.9. The van der Waals surface area contributed by atoms with E-state index < -0.39 is 5.60 Å². The SMILES string of the molecule is C[C@]12CCC3C(C1[C@@H]1C[C@@H]1[C@@]2(O)CCCO)[C@H]1C[C@]12O[C@]21C[C@@H](O)CC[C@]31C. The third kappa shape index (κ3) is 1.54. The highest BCUT2D eigenvalue weighted by Crippen LogP contribution is 2.89. The second-order valence-corrected chi connectivity index (χ2v) is 12.4. The molecule has 7 aliphatic rings. The number of aliphatic hydroxyl groups is 3. The average Bonchev–Trinajstić information content (AvgIpc) is 3.56. The zero-order valence-electron chi connectivity index (χ0n) is 17.4. The summed E-state index contributed by atoms with van der Waals surface area (Å²) in [4.78, 5) is 0. The van der Waals surface area contributed by atoms with E-state index in [-0.39, 0.29) is 34.7 Å². The molecule has 0 aromatic heterocycles. The monoisotopic (exact) mass is 388 g/mol. The Morgan fingerprint density at radius 3 is 2.57 bits per heavy atom. The minimum atomic E-state index is -0.569. The molecule has 6 saturated carbocycles. The summed E-state index contributed by atoms with van der Waals surface area (Å²) >= 11 is 0. The van der Waals surface area contributed by atoms with Crippen LogP contribution in [0.1, 0.15) is 71.6 Å². The molecule has 1 saturated heterocycles. The van der Waals surface area contributed by atoms with Crippen molar-refractivity contribution >= 4 is 0 Å². The molecule has 3 N–H and O–H groups in total. The van der Waals surface area contributed by atoms with Gasteiger partial charge in [-0.1, -0.05) is 13.8 Å². The van der Waals surface area contributed by atoms with Crippen molar-refractivity contribution in [3.8, 4) is 0 Å². The molecule has 0 radical (unpaired) electrons. The topological polar surface area (TPSA) is 73.2 Å². The predicted octanol–water partition coefficient (Wildman–Crippen LogP) is 2.88. The van der Waals surface area contributed by atoms with Crippen LogP contribution in [0.3, 0.4) is 0 Å². The number of hydrogen-bond acceptors (Lipinski definition) is 4. The van der Waals surface area contributed by atoms with Crippen molar-refractivity contribution in [3.05, 3.63) is 0 Å². The van der Waals surface area contributed by atoms with Gasteiger partial charge < -0.3 is 20.1 Å². The number of fused-ring (bicyclic) bond motifs is 7. The molecule has 156 valence electrons. The Balaban J connectivity index is 1.30. The molecule has 6 aliphatic carbocycles. The molecule has 1 heterocycles. The average molecular weight is 389 g/mol. The summed E-state index contributed by atoms with van der Waals surface area (Å²) in [7, 11) is 0. The highest BCUT2D eigenvalue weighted by Gasteiger charge is 2.94. The van der Waals surface area contributed by atoms with Crippen molar-refractivity contribution in [2.45, 2.75) is 94.5 Å². The van der Waals surface area contributed by atoms with Gasteiger partial charge in [0.2, 0.25) is 0 Å². The smallest absolute Gasteiger partial charge is 0.106 e. The van der Waals surface area contributed by atoms with Crippen molar-refractivity contribution in [2.75, 3.05) is 6.61 Å². The Morgan fingerprint density at radius 2 is 1.79 bits per heavy atom. The molecule has 0 bridgehead atoms. The molecule has 0 aromatic carbocycles. The second-order valence-electron chi connectivity index (χ2n) is 12.4. The minimum Gasteiger partial charge on any atom is -0.396 e. The molecular weight excluding hydrogens is 352 g/mol. The van der Waals surface area contributed by atoms with Gasteiger partial charge in [-0.05, 0) is 92.3 Å². The van der Waals surface area contributed by atoms with E-state index in [9.17, 15) is 15.3 Å². The number of hydrogen-bond donors (Lipinski definition) is 3. The molecule has 2 spiro atoms. The zero-order valence-corrected chi connectivity index (χ0v) is 17.4. The molecule has 1 aliphatic heterocycles. The highest BCUT2D eigenvalue weighted by atomic mass is 16.6. The Kier molecular flexibility index (Phi) is 2.93. The van der Waals surface area contributed by atoms with Gasteiger partial charge in [0.05, 0.1) is 11.7 Å². The van der Waals surface area contributed by atoms with Crippen molar-refractivity contribution in [2.24, 2.45) is 46.3 Å². The summed E-state index contributed by atoms with van der Waals surface area (Å²) in [6, 6.07) is 0. The van der Waals surface area contributed by atoms with Crippen LogP contribution in [0.15, 0.2) is 0 Å². The first-order valence-corrected chi connectivity index (χ1v) is 12.0. The van der Waals surface area contributed by atoms with Gasteiger partial charge in [0.15, 0.2) is 0 Å². The van der Waals surface area contributed by atoms with Crippen LogP contribution in [0.2, 0.25) is 0 Å². The highest BCUT2D eigenvalue weighted by molar-refractivity contribution is 5.42. The van der Waals surface area contributed by atoms with Crippen LogP contribution >= 0.6 is 0 Å². The molecule has 12 atom stereocenters. The normalized spacial score (nSPS) is 70.0. The fourth-order valence-corrected chi connectivity index (χ4v) is 10.6. The summed E-state index contributed by atoms with van der Waals surface area (Å²) in [5, 5.41) is 31.8. The molecule has 7 rings (SSSR count). The Bertz CT molecular complexity index is 755. The Morgan fingerprint density at radius 1 is 1.00 bits per heavy atom. The molecular formula is C24H36O4. The van der Waals surface area contributed by atoms with Gasteiger partial charge in [-0.3, -0.25) is 0 Å². The van der Waals surface area contributed by atoms with Crippen molar-refractivity contribution in [1.82, 2.24) is 0 Å². The minimum absolute atomic E-state index is 0.0140. The maximum absolute atomic E-state index is 11.9. The molecule has 4 nitrogen and oxygen atoms in total. The van der Waals surface area contributed by atoms with Crippen LogP contribution in [0.4, 0.5) is 0 Å². The molecule has 7 fully saturated rings. The van der Waals surface area contributed by atoms with Gasteiger partial charge in [0.1, 0.15) is 11.2 Å². The van der Waals surface area contributed by atoms with Crippen molar-refractivity contribution in [1.29, 1.82) is 0 Å². The van der Waals surface area contributed by atoms with Gasteiger partial charge >= 0.3 is 0 Å². The maximum atomic E-state index is 11.9. The Hall–Kier alpha value is -0.160. The van der Waals surface area contributed by atoms with E-state index >= 15 is 0 Å². The molecule has 3 unspecified atom stereocenters. The van der Waals surface area contributed by atoms with Crippen LogP contribution < -0.4 is 0 Å². The number of aliphatic hydroxyl groups excluding tert-OH is 2. The summed E-state index contributed by atoms with van der Waals surface area (Å²) in [6.07, 6.45) is 8.96. The van der Waals surface area contributed by atoms with Crippen molar-refractivity contribution in [3.63, 3.8) is 0 Å². The van der Waals surface area contributed by atoms with Crippen molar-refractivity contribution < 1.29 is 20.1 Å². The van der Waals surface area contributed by atoms with Crippen LogP contribution in [0.5, 0.6) is 0 Å².